The third-order valence-corrected chi connectivity index (χ3v) is 4.85. The van der Waals surface area contributed by atoms with Crippen molar-refractivity contribution >= 4 is 16.8 Å². The number of aromatic amines is 1. The second-order valence-electron chi connectivity index (χ2n) is 6.67. The quantitative estimate of drug-likeness (QED) is 0.632. The van der Waals surface area contributed by atoms with E-state index in [2.05, 4.69) is 22.4 Å². The van der Waals surface area contributed by atoms with Gasteiger partial charge in [0, 0.05) is 36.1 Å². The highest BCUT2D eigenvalue weighted by molar-refractivity contribution is 5.83. The molecule has 1 aromatic heterocycles. The van der Waals surface area contributed by atoms with E-state index in [1.165, 1.54) is 10.9 Å². The summed E-state index contributed by atoms with van der Waals surface area (Å²) in [7, 11) is 3.26. The number of ether oxygens (including phenoxy) is 2. The number of para-hydroxylation sites is 1. The lowest BCUT2D eigenvalue weighted by atomic mass is 9.96. The van der Waals surface area contributed by atoms with Crippen LogP contribution in [-0.2, 0) is 11.2 Å². The number of carbonyl (C=O) groups excluding carboxylic acids is 1. The summed E-state index contributed by atoms with van der Waals surface area (Å²) >= 11 is 0. The predicted octanol–water partition coefficient (Wildman–Crippen LogP) is 4.04. The van der Waals surface area contributed by atoms with Crippen molar-refractivity contribution in [3.63, 3.8) is 0 Å². The molecule has 2 N–H and O–H groups in total. The number of fused-ring (bicyclic) bond motifs is 1. The second kappa shape index (κ2) is 8.62. The van der Waals surface area contributed by atoms with Gasteiger partial charge in [0.2, 0.25) is 5.91 Å². The predicted molar refractivity (Wildman–Crippen MR) is 108 cm³/mol. The van der Waals surface area contributed by atoms with E-state index in [-0.39, 0.29) is 11.8 Å². The summed E-state index contributed by atoms with van der Waals surface area (Å²) in [5.41, 5.74) is 3.35. The van der Waals surface area contributed by atoms with Gasteiger partial charge in [0.15, 0.2) is 0 Å². The van der Waals surface area contributed by atoms with Crippen LogP contribution in [0.15, 0.2) is 48.7 Å². The molecule has 3 rings (SSSR count). The smallest absolute Gasteiger partial charge is 0.220 e. The molecule has 0 saturated heterocycles. The lowest BCUT2D eigenvalue weighted by Gasteiger charge is -2.16. The zero-order valence-corrected chi connectivity index (χ0v) is 16.0. The summed E-state index contributed by atoms with van der Waals surface area (Å²) in [6.07, 6.45) is 3.23. The maximum atomic E-state index is 12.4. The first-order valence-corrected chi connectivity index (χ1v) is 9.16. The number of H-pyrrole nitrogens is 1. The Hall–Kier alpha value is -2.95. The van der Waals surface area contributed by atoms with E-state index in [4.69, 9.17) is 9.47 Å². The van der Waals surface area contributed by atoms with Gasteiger partial charge in [-0.05, 0) is 35.6 Å². The van der Waals surface area contributed by atoms with Gasteiger partial charge in [0.05, 0.1) is 14.2 Å². The molecule has 27 heavy (non-hydrogen) atoms. The van der Waals surface area contributed by atoms with Crippen LogP contribution in [0.2, 0.25) is 0 Å². The van der Waals surface area contributed by atoms with E-state index >= 15 is 0 Å². The molecule has 0 radical (unpaired) electrons. The molecular formula is C22H26N2O3. The number of amides is 1. The number of hydrogen-bond acceptors (Lipinski definition) is 3. The monoisotopic (exact) mass is 366 g/mol. The lowest BCUT2D eigenvalue weighted by molar-refractivity contribution is -0.121. The molecule has 1 amide bonds. The van der Waals surface area contributed by atoms with Crippen molar-refractivity contribution in [3.8, 4) is 11.5 Å². The molecule has 3 aromatic rings. The van der Waals surface area contributed by atoms with Gasteiger partial charge in [0.25, 0.3) is 0 Å². The lowest BCUT2D eigenvalue weighted by Crippen LogP contribution is -2.26. The molecule has 0 aliphatic rings. The summed E-state index contributed by atoms with van der Waals surface area (Å²) in [6.45, 7) is 2.65. The Morgan fingerprint density at radius 3 is 2.74 bits per heavy atom. The molecule has 1 heterocycles. The van der Waals surface area contributed by atoms with Gasteiger partial charge in [-0.2, -0.15) is 0 Å². The van der Waals surface area contributed by atoms with Crippen molar-refractivity contribution in [1.82, 2.24) is 10.3 Å². The van der Waals surface area contributed by atoms with Gasteiger partial charge in [-0.1, -0.05) is 31.2 Å². The first kappa shape index (κ1) is 18.8. The molecule has 0 fully saturated rings. The maximum Gasteiger partial charge on any atom is 0.220 e. The van der Waals surface area contributed by atoms with Crippen molar-refractivity contribution in [2.24, 2.45) is 0 Å². The molecule has 0 bridgehead atoms. The number of rotatable bonds is 8. The van der Waals surface area contributed by atoms with Crippen molar-refractivity contribution in [2.45, 2.75) is 25.7 Å². The van der Waals surface area contributed by atoms with Crippen LogP contribution >= 0.6 is 0 Å². The summed E-state index contributed by atoms with van der Waals surface area (Å²) in [5.74, 6) is 1.58. The van der Waals surface area contributed by atoms with Crippen LogP contribution in [0, 0.1) is 0 Å². The third-order valence-electron chi connectivity index (χ3n) is 4.85. The highest BCUT2D eigenvalue weighted by atomic mass is 16.5. The number of aromatic nitrogens is 1. The van der Waals surface area contributed by atoms with Crippen LogP contribution < -0.4 is 14.8 Å². The fraction of sp³-hybridized carbons (Fsp3) is 0.318. The van der Waals surface area contributed by atoms with Gasteiger partial charge in [0.1, 0.15) is 11.5 Å². The third kappa shape index (κ3) is 4.42. The first-order valence-electron chi connectivity index (χ1n) is 9.16. The average molecular weight is 366 g/mol. The van der Waals surface area contributed by atoms with Crippen LogP contribution in [0.4, 0.5) is 0 Å². The fourth-order valence-corrected chi connectivity index (χ4v) is 3.36. The van der Waals surface area contributed by atoms with E-state index in [0.717, 1.165) is 29.0 Å². The molecule has 0 aliphatic heterocycles. The molecular weight excluding hydrogens is 340 g/mol. The van der Waals surface area contributed by atoms with Crippen LogP contribution in [-0.4, -0.2) is 31.7 Å². The van der Waals surface area contributed by atoms with Crippen molar-refractivity contribution in [2.75, 3.05) is 20.8 Å². The van der Waals surface area contributed by atoms with Gasteiger partial charge in [-0.3, -0.25) is 4.79 Å². The first-order chi connectivity index (χ1) is 13.1. The molecule has 5 nitrogen and oxygen atoms in total. The number of benzene rings is 2. The number of carbonyl (C=O) groups is 1. The molecule has 142 valence electrons. The van der Waals surface area contributed by atoms with E-state index in [1.807, 2.05) is 43.5 Å². The van der Waals surface area contributed by atoms with Crippen molar-refractivity contribution in [3.05, 3.63) is 59.8 Å². The Morgan fingerprint density at radius 2 is 1.96 bits per heavy atom. The number of nitrogens with one attached hydrogen (secondary N) is 2. The van der Waals surface area contributed by atoms with Gasteiger partial charge >= 0.3 is 0 Å². The summed E-state index contributed by atoms with van der Waals surface area (Å²) in [4.78, 5) is 15.6. The van der Waals surface area contributed by atoms with Crippen LogP contribution in [0.3, 0.4) is 0 Å². The minimum absolute atomic E-state index is 0.0419. The summed E-state index contributed by atoms with van der Waals surface area (Å²) < 4.78 is 10.7. The molecule has 0 saturated carbocycles. The zero-order chi connectivity index (χ0) is 19.2. The zero-order valence-electron chi connectivity index (χ0n) is 16.0. The van der Waals surface area contributed by atoms with Crippen LogP contribution in [0.5, 0.6) is 11.5 Å². The SMILES string of the molecule is COc1ccc(C(C)CC(=O)NCCc2c[nH]c3ccccc23)c(OC)c1. The van der Waals surface area contributed by atoms with E-state index in [9.17, 15) is 4.79 Å². The van der Waals surface area contributed by atoms with Gasteiger partial charge in [-0.25, -0.2) is 0 Å². The van der Waals surface area contributed by atoms with Crippen molar-refractivity contribution < 1.29 is 14.3 Å². The minimum Gasteiger partial charge on any atom is -0.497 e. The highest BCUT2D eigenvalue weighted by Gasteiger charge is 2.16. The fourth-order valence-electron chi connectivity index (χ4n) is 3.36. The Morgan fingerprint density at radius 1 is 1.15 bits per heavy atom. The highest BCUT2D eigenvalue weighted by Crippen LogP contribution is 2.32. The second-order valence-corrected chi connectivity index (χ2v) is 6.67. The molecule has 0 spiro atoms. The Labute approximate surface area is 159 Å². The minimum atomic E-state index is 0.0419. The molecule has 2 aromatic carbocycles. The van der Waals surface area contributed by atoms with E-state index in [0.29, 0.717) is 13.0 Å². The standard InChI is InChI=1S/C22H26N2O3/c1-15(18-9-8-17(26-2)13-21(18)27-3)12-22(25)23-11-10-16-14-24-20-7-5-4-6-19(16)20/h4-9,13-15,24H,10-12H2,1-3H3,(H,23,25). The molecule has 0 aliphatic carbocycles. The van der Waals surface area contributed by atoms with Crippen molar-refractivity contribution in [1.29, 1.82) is 0 Å². The van der Waals surface area contributed by atoms with E-state index < -0.39 is 0 Å². The number of hydrogen-bond donors (Lipinski definition) is 2. The number of methoxy groups -OCH3 is 2. The largest absolute Gasteiger partial charge is 0.497 e. The maximum absolute atomic E-state index is 12.4. The van der Waals surface area contributed by atoms with Gasteiger partial charge in [-0.15, -0.1) is 0 Å². The van der Waals surface area contributed by atoms with Crippen LogP contribution in [0.25, 0.3) is 10.9 Å². The molecule has 1 unspecified atom stereocenters. The Balaban J connectivity index is 1.54. The Kier molecular flexibility index (Phi) is 6.01. The molecule has 1 atom stereocenters. The topological polar surface area (TPSA) is 63.3 Å². The average Bonchev–Trinajstić information content (AvgIpc) is 3.10. The normalized spacial score (nSPS) is 12.0. The summed E-state index contributed by atoms with van der Waals surface area (Å²) in [6, 6.07) is 13.9. The summed E-state index contributed by atoms with van der Waals surface area (Å²) in [5, 5.41) is 4.24. The molecule has 5 heteroatoms. The van der Waals surface area contributed by atoms with E-state index in [1.54, 1.807) is 14.2 Å². The Bertz CT molecular complexity index is 917. The van der Waals surface area contributed by atoms with Gasteiger partial charge < -0.3 is 19.8 Å². The van der Waals surface area contributed by atoms with Crippen LogP contribution in [0.1, 0.15) is 30.4 Å².